The van der Waals surface area contributed by atoms with Gasteiger partial charge in [-0.15, -0.1) is 23.1 Å². The predicted octanol–water partition coefficient (Wildman–Crippen LogP) is -4.86. The third-order valence-electron chi connectivity index (χ3n) is 4.28. The van der Waals surface area contributed by atoms with Crippen molar-refractivity contribution < 1.29 is 63.4 Å². The van der Waals surface area contributed by atoms with Crippen LogP contribution in [0.15, 0.2) is 34.0 Å². The predicted molar refractivity (Wildman–Crippen MR) is 112 cm³/mol. The maximum atomic E-state index is 12.7. The number of thioether (sulfide) groups is 1. The zero-order valence-corrected chi connectivity index (χ0v) is 21.1. The summed E-state index contributed by atoms with van der Waals surface area (Å²) in [6, 6.07) is -0.997. The number of nitrogen functional groups attached to an aromatic ring is 1. The van der Waals surface area contributed by atoms with Gasteiger partial charge in [-0.2, -0.15) is 0 Å². The van der Waals surface area contributed by atoms with Gasteiger partial charge >= 0.3 is 35.7 Å². The van der Waals surface area contributed by atoms with E-state index in [0.717, 1.165) is 16.2 Å². The molecule has 5 N–H and O–H groups in total. The fourth-order valence-electron chi connectivity index (χ4n) is 2.98. The van der Waals surface area contributed by atoms with Gasteiger partial charge in [-0.3, -0.25) is 14.5 Å². The van der Waals surface area contributed by atoms with Crippen molar-refractivity contribution in [1.82, 2.24) is 15.2 Å². The summed E-state index contributed by atoms with van der Waals surface area (Å²) in [6.07, 6.45) is 1.82. The van der Waals surface area contributed by atoms with Crippen LogP contribution in [0.4, 0.5) is 9.93 Å². The minimum Gasteiger partial charge on any atom is -0.543 e. The summed E-state index contributed by atoms with van der Waals surface area (Å²) in [4.78, 5) is 57.4. The van der Waals surface area contributed by atoms with Crippen molar-refractivity contribution in [1.29, 1.82) is 0 Å². The third kappa shape index (κ3) is 5.86. The number of nitrogens with two attached hydrogens (primary N) is 2. The van der Waals surface area contributed by atoms with E-state index >= 15 is 0 Å². The minimum absolute atomic E-state index is 0. The van der Waals surface area contributed by atoms with Crippen molar-refractivity contribution >= 4 is 57.8 Å². The standard InChI is InChI=1S/C17H18N6O7S2.Na/c1-29-22-9(8-6-32-16(18)20-8)12(24)21-10-13(25)23-11(15(26)27)7(5-31-14(10)23)3-2-4-30-17(19)28;/h2-3,6,10,14H,4-5H2,1H3,(H2,18,20)(H2,19,28)(H,21,24)(H,26,27);/q;+1/p-1/b3-2-,22-9-;/t10?,14-;/m1./s1. The first-order valence-corrected chi connectivity index (χ1v) is 10.8. The fourth-order valence-corrected chi connectivity index (χ4v) is 4.85. The number of hydrogen-bond acceptors (Lipinski definition) is 12. The summed E-state index contributed by atoms with van der Waals surface area (Å²) < 4.78 is 4.55. The summed E-state index contributed by atoms with van der Waals surface area (Å²) in [5.41, 5.74) is 10.4. The number of carboxylic acid groups (broad SMARTS) is 1. The van der Waals surface area contributed by atoms with Gasteiger partial charge in [0, 0.05) is 11.1 Å². The largest absolute Gasteiger partial charge is 1.00 e. The average molecular weight is 504 g/mol. The van der Waals surface area contributed by atoms with Crippen LogP contribution in [0.3, 0.4) is 0 Å². The molecule has 1 unspecified atom stereocenters. The van der Waals surface area contributed by atoms with Crippen LogP contribution in [0, 0.1) is 0 Å². The van der Waals surface area contributed by atoms with E-state index < -0.39 is 35.3 Å². The number of nitrogens with zero attached hydrogens (tertiary/aromatic N) is 3. The molecule has 1 fully saturated rings. The van der Waals surface area contributed by atoms with Gasteiger partial charge in [0.25, 0.3) is 11.8 Å². The van der Waals surface area contributed by atoms with E-state index in [2.05, 4.69) is 25.0 Å². The first kappa shape index (κ1) is 26.7. The summed E-state index contributed by atoms with van der Waals surface area (Å²) in [5.74, 6) is -2.71. The van der Waals surface area contributed by atoms with E-state index in [-0.39, 0.29) is 69.7 Å². The van der Waals surface area contributed by atoms with E-state index in [1.165, 1.54) is 36.4 Å². The van der Waals surface area contributed by atoms with Gasteiger partial charge in [0.1, 0.15) is 30.8 Å². The summed E-state index contributed by atoms with van der Waals surface area (Å²) in [7, 11) is 1.25. The Morgan fingerprint density at radius 2 is 2.18 bits per heavy atom. The molecule has 1 aromatic heterocycles. The molecule has 3 rings (SSSR count). The molecule has 1 aromatic rings. The molecule has 170 valence electrons. The number of β-lactam (4-membered cyclic amide) rings is 1. The Kier molecular flexibility index (Phi) is 9.30. The maximum Gasteiger partial charge on any atom is 1.00 e. The number of nitrogens with one attached hydrogen (secondary N) is 1. The summed E-state index contributed by atoms with van der Waals surface area (Å²) in [5, 5.41) is 18.9. The number of allylic oxidation sites excluding steroid dienone is 1. The first-order valence-electron chi connectivity index (χ1n) is 8.86. The molecule has 3 heterocycles. The minimum atomic E-state index is -1.55. The molecule has 2 aliphatic rings. The number of fused-ring (bicyclic) bond motifs is 1. The summed E-state index contributed by atoms with van der Waals surface area (Å²) in [6.45, 7) is -0.164. The molecule has 1 saturated heterocycles. The second kappa shape index (κ2) is 11.5. The average Bonchev–Trinajstić information content (AvgIpc) is 3.17. The number of thiazole rings is 1. The van der Waals surface area contributed by atoms with Crippen LogP contribution in [0.25, 0.3) is 0 Å². The Labute approximate surface area is 217 Å². The number of carbonyl (C=O) groups is 4. The van der Waals surface area contributed by atoms with Crippen LogP contribution in [0.1, 0.15) is 5.69 Å². The van der Waals surface area contributed by atoms with E-state index in [4.69, 9.17) is 11.5 Å². The van der Waals surface area contributed by atoms with E-state index in [1.54, 1.807) is 0 Å². The second-order valence-corrected chi connectivity index (χ2v) is 8.24. The van der Waals surface area contributed by atoms with Crippen LogP contribution in [-0.4, -0.2) is 70.4 Å². The van der Waals surface area contributed by atoms with E-state index in [1.807, 2.05) is 0 Å². The number of carboxylic acids is 1. The molecule has 16 heteroatoms. The quantitative estimate of drug-likeness (QED) is 0.133. The molecule has 0 aliphatic carbocycles. The Bertz CT molecular complexity index is 1060. The Hall–Kier alpha value is -2.59. The molecule has 13 nitrogen and oxygen atoms in total. The van der Waals surface area contributed by atoms with Crippen molar-refractivity contribution in [3.8, 4) is 0 Å². The Morgan fingerprint density at radius 1 is 1.45 bits per heavy atom. The SMILES string of the molecule is CO/N=C(\C(=O)NC1C(=O)N2C(C(=O)[O-])=C(/C=C\COC(N)=O)CS[C@H]12)c1csc(N)n1.[Na+]. The molecule has 33 heavy (non-hydrogen) atoms. The molecule has 2 aliphatic heterocycles. The number of primary amides is 1. The van der Waals surface area contributed by atoms with Crippen molar-refractivity contribution in [2.24, 2.45) is 10.9 Å². The van der Waals surface area contributed by atoms with Crippen LogP contribution < -0.4 is 51.4 Å². The van der Waals surface area contributed by atoms with Crippen molar-refractivity contribution in [2.75, 3.05) is 25.2 Å². The maximum absolute atomic E-state index is 12.7. The zero-order chi connectivity index (χ0) is 23.4. The van der Waals surface area contributed by atoms with Crippen molar-refractivity contribution in [2.45, 2.75) is 11.4 Å². The van der Waals surface area contributed by atoms with Gasteiger partial charge in [0.15, 0.2) is 10.8 Å². The van der Waals surface area contributed by atoms with Crippen molar-refractivity contribution in [3.63, 3.8) is 0 Å². The van der Waals surface area contributed by atoms with Crippen LogP contribution in [-0.2, 0) is 24.0 Å². The Balaban J connectivity index is 0.00000385. The number of hydrogen-bond donors (Lipinski definition) is 3. The van der Waals surface area contributed by atoms with Gasteiger partial charge in [-0.05, 0) is 11.6 Å². The molecular weight excluding hydrogens is 487 g/mol. The third-order valence-corrected chi connectivity index (χ3v) is 6.26. The Morgan fingerprint density at radius 3 is 2.76 bits per heavy atom. The molecule has 0 aromatic carbocycles. The molecular formula is C17H17N6NaO7S2. The van der Waals surface area contributed by atoms with Gasteiger partial charge in [0.2, 0.25) is 0 Å². The zero-order valence-electron chi connectivity index (χ0n) is 17.5. The van der Waals surface area contributed by atoms with E-state index in [0.29, 0.717) is 0 Å². The molecule has 3 amide bonds. The topological polar surface area (TPSA) is 202 Å². The number of ether oxygens (including phenoxy) is 1. The molecule has 0 saturated carbocycles. The normalized spacial score (nSPS) is 20.0. The number of anilines is 1. The number of aliphatic carboxylic acids is 1. The smallest absolute Gasteiger partial charge is 0.543 e. The second-order valence-electron chi connectivity index (χ2n) is 6.25. The number of aromatic nitrogens is 1. The van der Waals surface area contributed by atoms with Gasteiger partial charge < -0.3 is 36.3 Å². The first-order chi connectivity index (χ1) is 15.2. The fraction of sp³-hybridized carbons (Fsp3) is 0.294. The van der Waals surface area contributed by atoms with Crippen LogP contribution >= 0.6 is 23.1 Å². The molecule has 0 bridgehead atoms. The molecule has 0 spiro atoms. The molecule has 0 radical (unpaired) electrons. The van der Waals surface area contributed by atoms with Gasteiger partial charge in [-0.25, -0.2) is 9.78 Å². The number of carbonyl (C=O) groups excluding carboxylic acids is 4. The summed E-state index contributed by atoms with van der Waals surface area (Å²) >= 11 is 2.34. The van der Waals surface area contributed by atoms with Crippen LogP contribution in [0.2, 0.25) is 0 Å². The van der Waals surface area contributed by atoms with E-state index in [9.17, 15) is 24.3 Å². The van der Waals surface area contributed by atoms with Gasteiger partial charge in [0.05, 0.1) is 11.7 Å². The molecule has 2 atom stereocenters. The number of amides is 3. The van der Waals surface area contributed by atoms with Gasteiger partial charge in [-0.1, -0.05) is 11.2 Å². The number of oxime groups is 1. The number of rotatable bonds is 8. The van der Waals surface area contributed by atoms with Crippen LogP contribution in [0.5, 0.6) is 0 Å². The van der Waals surface area contributed by atoms with Crippen molar-refractivity contribution in [3.05, 3.63) is 34.5 Å². The monoisotopic (exact) mass is 504 g/mol.